The lowest BCUT2D eigenvalue weighted by molar-refractivity contribution is 0.391. The Balaban J connectivity index is 2.47. The van der Waals surface area contributed by atoms with Gasteiger partial charge in [-0.1, -0.05) is 0 Å². The smallest absolute Gasteiger partial charge is 0.209 e. The minimum absolute atomic E-state index is 0.158. The lowest BCUT2D eigenvalue weighted by atomic mass is 10.1. The van der Waals surface area contributed by atoms with Gasteiger partial charge in [-0.3, -0.25) is 0 Å². The Morgan fingerprint density at radius 1 is 1.43 bits per heavy atom. The van der Waals surface area contributed by atoms with Crippen molar-refractivity contribution in [3.8, 4) is 0 Å². The van der Waals surface area contributed by atoms with Crippen LogP contribution in [0, 0.1) is 5.82 Å². The molecule has 0 amide bonds. The zero-order chi connectivity index (χ0) is 15.8. The van der Waals surface area contributed by atoms with Gasteiger partial charge in [0, 0.05) is 12.1 Å². The summed E-state index contributed by atoms with van der Waals surface area (Å²) in [7, 11) is -3.36. The molecule has 2 rings (SSSR count). The van der Waals surface area contributed by atoms with E-state index in [1.807, 2.05) is 0 Å². The highest BCUT2D eigenvalue weighted by Crippen LogP contribution is 2.21. The molecule has 0 aliphatic heterocycles. The first-order chi connectivity index (χ1) is 9.61. The molecule has 0 bridgehead atoms. The lowest BCUT2D eigenvalue weighted by Gasteiger charge is -2.26. The molecule has 21 heavy (non-hydrogen) atoms. The van der Waals surface area contributed by atoms with Crippen molar-refractivity contribution in [2.75, 3.05) is 6.26 Å². The Hall–Kier alpha value is -1.18. The van der Waals surface area contributed by atoms with Crippen molar-refractivity contribution in [3.63, 3.8) is 0 Å². The Kier molecular flexibility index (Phi) is 4.28. The summed E-state index contributed by atoms with van der Waals surface area (Å²) in [5, 5.41) is 0. The molecule has 2 aromatic rings. The van der Waals surface area contributed by atoms with E-state index in [0.717, 1.165) is 6.26 Å². The predicted octanol–water partition coefficient (Wildman–Crippen LogP) is 2.24. The van der Waals surface area contributed by atoms with Crippen LogP contribution in [0.25, 0.3) is 11.0 Å². The third kappa shape index (κ3) is 3.93. The minimum atomic E-state index is -3.36. The molecular weight excluding hydrogens is 317 g/mol. The Labute approximate surface area is 128 Å². The molecule has 116 valence electrons. The largest absolute Gasteiger partial charge is 0.325 e. The zero-order valence-corrected chi connectivity index (χ0v) is 13.6. The van der Waals surface area contributed by atoms with Crippen LogP contribution in [-0.4, -0.2) is 29.8 Å². The summed E-state index contributed by atoms with van der Waals surface area (Å²) in [6.07, 6.45) is 1.10. The van der Waals surface area contributed by atoms with Crippen molar-refractivity contribution >= 4 is 32.7 Å². The molecule has 1 heterocycles. The van der Waals surface area contributed by atoms with Crippen molar-refractivity contribution < 1.29 is 12.8 Å². The number of halogens is 2. The number of sulfonamides is 1. The van der Waals surface area contributed by atoms with Crippen molar-refractivity contribution in [3.05, 3.63) is 29.8 Å². The van der Waals surface area contributed by atoms with Crippen LogP contribution in [0.1, 0.15) is 19.7 Å². The molecule has 0 aliphatic carbocycles. The predicted molar refractivity (Wildman–Crippen MR) is 81.3 cm³/mol. The number of nitrogens with one attached hydrogen (secondary N) is 1. The second-order valence-electron chi connectivity index (χ2n) is 5.64. The summed E-state index contributed by atoms with van der Waals surface area (Å²) in [4.78, 5) is 4.34. The number of fused-ring (bicyclic) bond motifs is 1. The average molecular weight is 334 g/mol. The molecule has 0 spiro atoms. The maximum Gasteiger partial charge on any atom is 0.209 e. The molecule has 5 nitrogen and oxygen atoms in total. The number of rotatable bonds is 5. The van der Waals surface area contributed by atoms with E-state index in [9.17, 15) is 12.8 Å². The van der Waals surface area contributed by atoms with Crippen molar-refractivity contribution in [2.45, 2.75) is 31.8 Å². The minimum Gasteiger partial charge on any atom is -0.325 e. The van der Waals surface area contributed by atoms with Crippen LogP contribution in [-0.2, 0) is 22.4 Å². The summed E-state index contributed by atoms with van der Waals surface area (Å²) in [5.74, 6) is 0.352. The van der Waals surface area contributed by atoms with Gasteiger partial charge in [0.15, 0.2) is 0 Å². The third-order valence-electron chi connectivity index (χ3n) is 2.92. The number of nitrogens with zero attached hydrogens (tertiary/aromatic N) is 2. The highest BCUT2D eigenvalue weighted by molar-refractivity contribution is 7.88. The Morgan fingerprint density at radius 3 is 2.67 bits per heavy atom. The van der Waals surface area contributed by atoms with E-state index in [1.54, 1.807) is 24.5 Å². The van der Waals surface area contributed by atoms with E-state index in [2.05, 4.69) is 9.71 Å². The molecule has 0 unspecified atom stereocenters. The van der Waals surface area contributed by atoms with Crippen LogP contribution >= 0.6 is 11.6 Å². The van der Waals surface area contributed by atoms with Crippen molar-refractivity contribution in [1.82, 2.24) is 14.3 Å². The van der Waals surface area contributed by atoms with Crippen molar-refractivity contribution in [1.29, 1.82) is 0 Å². The normalized spacial score (nSPS) is 13.0. The van der Waals surface area contributed by atoms with E-state index < -0.39 is 15.6 Å². The number of aromatic nitrogens is 2. The maximum absolute atomic E-state index is 13.4. The van der Waals surface area contributed by atoms with Gasteiger partial charge in [-0.05, 0) is 32.0 Å². The quantitative estimate of drug-likeness (QED) is 0.853. The van der Waals surface area contributed by atoms with Crippen LogP contribution in [0.2, 0.25) is 0 Å². The molecule has 0 saturated heterocycles. The standard InChI is InChI=1S/C13H17ClFN3O2S/c1-13(2,17-21(3,19)20)8-18-11-6-9(15)4-5-10(11)16-12(18)7-14/h4-6,17H,7-8H2,1-3H3. The van der Waals surface area contributed by atoms with E-state index in [4.69, 9.17) is 11.6 Å². The number of hydrogen-bond acceptors (Lipinski definition) is 3. The SMILES string of the molecule is CC(C)(Cn1c(CCl)nc2ccc(F)cc21)NS(C)(=O)=O. The van der Waals surface area contributed by atoms with Gasteiger partial charge in [0.1, 0.15) is 11.6 Å². The molecule has 1 N–H and O–H groups in total. The number of benzene rings is 1. The monoisotopic (exact) mass is 333 g/mol. The topological polar surface area (TPSA) is 64.0 Å². The molecule has 1 aromatic heterocycles. The first-order valence-electron chi connectivity index (χ1n) is 6.31. The fourth-order valence-corrected chi connectivity index (χ4v) is 3.63. The molecular formula is C13H17ClFN3O2S. The fourth-order valence-electron chi connectivity index (χ4n) is 2.35. The highest BCUT2D eigenvalue weighted by atomic mass is 35.5. The van der Waals surface area contributed by atoms with Crippen LogP contribution < -0.4 is 4.72 Å². The molecule has 0 saturated carbocycles. The van der Waals surface area contributed by atoms with Crippen LogP contribution in [0.5, 0.6) is 0 Å². The van der Waals surface area contributed by atoms with Gasteiger partial charge in [0.05, 0.1) is 23.2 Å². The van der Waals surface area contributed by atoms with E-state index in [0.29, 0.717) is 23.4 Å². The second-order valence-corrected chi connectivity index (χ2v) is 7.65. The molecule has 0 atom stereocenters. The summed E-state index contributed by atoms with van der Waals surface area (Å²) in [6, 6.07) is 4.28. The Morgan fingerprint density at radius 2 is 2.10 bits per heavy atom. The summed E-state index contributed by atoms with van der Waals surface area (Å²) in [6.45, 7) is 3.79. The van der Waals surface area contributed by atoms with E-state index in [1.165, 1.54) is 12.1 Å². The second kappa shape index (κ2) is 5.55. The molecule has 0 fully saturated rings. The first-order valence-corrected chi connectivity index (χ1v) is 8.73. The molecule has 8 heteroatoms. The lowest BCUT2D eigenvalue weighted by Crippen LogP contribution is -2.46. The van der Waals surface area contributed by atoms with Crippen LogP contribution in [0.4, 0.5) is 4.39 Å². The number of imidazole rings is 1. The van der Waals surface area contributed by atoms with Crippen LogP contribution in [0.3, 0.4) is 0 Å². The zero-order valence-electron chi connectivity index (χ0n) is 12.0. The van der Waals surface area contributed by atoms with Gasteiger partial charge in [-0.2, -0.15) is 0 Å². The van der Waals surface area contributed by atoms with Gasteiger partial charge in [0.25, 0.3) is 0 Å². The maximum atomic E-state index is 13.4. The molecule has 1 aromatic carbocycles. The van der Waals surface area contributed by atoms with Gasteiger partial charge < -0.3 is 4.57 Å². The van der Waals surface area contributed by atoms with Crippen LogP contribution in [0.15, 0.2) is 18.2 Å². The van der Waals surface area contributed by atoms with Gasteiger partial charge >= 0.3 is 0 Å². The molecule has 0 radical (unpaired) electrons. The third-order valence-corrected chi connectivity index (χ3v) is 4.09. The Bertz CT molecular complexity index is 771. The van der Waals surface area contributed by atoms with Crippen molar-refractivity contribution in [2.24, 2.45) is 0 Å². The van der Waals surface area contributed by atoms with Gasteiger partial charge in [-0.25, -0.2) is 22.5 Å². The average Bonchev–Trinajstić information content (AvgIpc) is 2.63. The van der Waals surface area contributed by atoms with Gasteiger partial charge in [-0.15, -0.1) is 11.6 Å². The summed E-state index contributed by atoms with van der Waals surface area (Å²) < 4.78 is 40.6. The fraction of sp³-hybridized carbons (Fsp3) is 0.462. The summed E-state index contributed by atoms with van der Waals surface area (Å²) in [5.41, 5.74) is 0.463. The molecule has 0 aliphatic rings. The first kappa shape index (κ1) is 16.2. The van der Waals surface area contributed by atoms with E-state index in [-0.39, 0.29) is 11.7 Å². The summed E-state index contributed by atoms with van der Waals surface area (Å²) >= 11 is 5.89. The highest BCUT2D eigenvalue weighted by Gasteiger charge is 2.25. The van der Waals surface area contributed by atoms with E-state index >= 15 is 0 Å². The number of alkyl halides is 1. The van der Waals surface area contributed by atoms with Gasteiger partial charge in [0.2, 0.25) is 10.0 Å². The number of hydrogen-bond donors (Lipinski definition) is 1.